The predicted octanol–water partition coefficient (Wildman–Crippen LogP) is 4.38. The molecule has 1 fully saturated rings. The van der Waals surface area contributed by atoms with E-state index in [0.29, 0.717) is 6.42 Å². The van der Waals surface area contributed by atoms with Crippen molar-refractivity contribution in [2.75, 3.05) is 19.1 Å². The number of amides is 2. The van der Waals surface area contributed by atoms with Gasteiger partial charge in [-0.25, -0.2) is 9.59 Å². The van der Waals surface area contributed by atoms with Crippen LogP contribution in [-0.2, 0) is 25.5 Å². The lowest BCUT2D eigenvalue weighted by Gasteiger charge is -2.33. The molecule has 1 aromatic carbocycles. The van der Waals surface area contributed by atoms with Crippen LogP contribution >= 0.6 is 0 Å². The number of carbonyl (C=O) groups excluding carboxylic acids is 3. The third-order valence-electron chi connectivity index (χ3n) is 6.49. The zero-order valence-electron chi connectivity index (χ0n) is 19.1. The van der Waals surface area contributed by atoms with Gasteiger partial charge in [0.2, 0.25) is 5.91 Å². The van der Waals surface area contributed by atoms with E-state index in [-0.39, 0.29) is 11.8 Å². The maximum absolute atomic E-state index is 12.6. The van der Waals surface area contributed by atoms with Crippen molar-refractivity contribution in [3.8, 4) is 0 Å². The van der Waals surface area contributed by atoms with Crippen LogP contribution in [0.1, 0.15) is 75.8 Å². The minimum absolute atomic E-state index is 0.147. The van der Waals surface area contributed by atoms with Crippen molar-refractivity contribution >= 4 is 23.7 Å². The Hall–Kier alpha value is -2.57. The Morgan fingerprint density at radius 2 is 1.74 bits per heavy atom. The molecule has 1 saturated heterocycles. The average Bonchev–Trinajstić information content (AvgIpc) is 3.29. The molecule has 2 heterocycles. The van der Waals surface area contributed by atoms with E-state index in [1.807, 2.05) is 6.07 Å². The fourth-order valence-corrected chi connectivity index (χ4v) is 5.02. The Bertz CT molecular complexity index is 824. The summed E-state index contributed by atoms with van der Waals surface area (Å²) < 4.78 is 9.89. The fourth-order valence-electron chi connectivity index (χ4n) is 5.02. The number of hydrogen-bond donors (Lipinski definition) is 0. The number of esters is 1. The van der Waals surface area contributed by atoms with E-state index in [1.165, 1.54) is 63.7 Å². The second-order valence-corrected chi connectivity index (χ2v) is 8.47. The van der Waals surface area contributed by atoms with Gasteiger partial charge in [-0.3, -0.25) is 14.6 Å². The number of fused-ring (bicyclic) bond motifs is 3. The van der Waals surface area contributed by atoms with E-state index >= 15 is 0 Å². The van der Waals surface area contributed by atoms with E-state index in [1.54, 1.807) is 4.90 Å². The number of unbranched alkanes of at least 4 members (excludes halogenated alkanes) is 5. The zero-order chi connectivity index (χ0) is 22.5. The number of likely N-dealkylation sites (tertiary alicyclic amines) is 1. The highest BCUT2D eigenvalue weighted by atomic mass is 16.5. The van der Waals surface area contributed by atoms with Gasteiger partial charge >= 0.3 is 12.1 Å². The molecule has 31 heavy (non-hydrogen) atoms. The first-order valence-corrected chi connectivity index (χ1v) is 11.3. The standard InChI is InChI=1S/C24H34N2O5/c1-5-6-7-8-9-10-11-17-12-13-20-18(14-17)19-15-21(23(28)30-3)26(24(29)31-4)22(19)25(20)16(2)27/h12-14,19,21-22H,5-11,15H2,1-4H3/t19-,21+,22-/m1/s1. The Morgan fingerprint density at radius 1 is 1.03 bits per heavy atom. The SMILES string of the molecule is CCCCCCCCc1ccc2c(c1)[C@H]1C[C@@H](C(=O)OC)N(C(=O)OC)[C@H]1N2C(C)=O. The molecule has 0 aliphatic carbocycles. The number of nitrogens with zero attached hydrogens (tertiary/aromatic N) is 2. The molecule has 2 amide bonds. The molecule has 7 heteroatoms. The van der Waals surface area contributed by atoms with Gasteiger partial charge in [-0.15, -0.1) is 0 Å². The van der Waals surface area contributed by atoms with E-state index < -0.39 is 24.3 Å². The molecule has 0 radical (unpaired) electrons. The largest absolute Gasteiger partial charge is 0.467 e. The molecule has 1 aromatic rings. The third-order valence-corrected chi connectivity index (χ3v) is 6.49. The number of rotatable bonds is 8. The number of hydrogen-bond acceptors (Lipinski definition) is 5. The topological polar surface area (TPSA) is 76.2 Å². The quantitative estimate of drug-likeness (QED) is 0.452. The van der Waals surface area contributed by atoms with Gasteiger partial charge in [-0.2, -0.15) is 0 Å². The first kappa shape index (κ1) is 23.1. The summed E-state index contributed by atoms with van der Waals surface area (Å²) >= 11 is 0. The van der Waals surface area contributed by atoms with Crippen LogP contribution in [0.5, 0.6) is 0 Å². The van der Waals surface area contributed by atoms with E-state index in [2.05, 4.69) is 19.1 Å². The van der Waals surface area contributed by atoms with Crippen molar-refractivity contribution in [2.24, 2.45) is 0 Å². The summed E-state index contributed by atoms with van der Waals surface area (Å²) in [6.07, 6.45) is 7.61. The number of anilines is 1. The van der Waals surface area contributed by atoms with Crippen LogP contribution in [-0.4, -0.2) is 49.3 Å². The van der Waals surface area contributed by atoms with Crippen LogP contribution in [0.3, 0.4) is 0 Å². The molecule has 0 unspecified atom stereocenters. The van der Waals surface area contributed by atoms with Crippen LogP contribution in [0.25, 0.3) is 0 Å². The minimum Gasteiger partial charge on any atom is -0.467 e. The minimum atomic E-state index is -0.773. The lowest BCUT2D eigenvalue weighted by molar-refractivity contribution is -0.146. The predicted molar refractivity (Wildman–Crippen MR) is 118 cm³/mol. The highest BCUT2D eigenvalue weighted by Gasteiger charge is 2.56. The fraction of sp³-hybridized carbons (Fsp3) is 0.625. The van der Waals surface area contributed by atoms with Crippen LogP contribution in [0.4, 0.5) is 10.5 Å². The van der Waals surface area contributed by atoms with Crippen molar-refractivity contribution in [2.45, 2.75) is 83.3 Å². The van der Waals surface area contributed by atoms with Crippen molar-refractivity contribution in [1.82, 2.24) is 4.90 Å². The molecule has 3 rings (SSSR count). The summed E-state index contributed by atoms with van der Waals surface area (Å²) in [7, 11) is 2.59. The van der Waals surface area contributed by atoms with E-state index in [0.717, 1.165) is 24.1 Å². The van der Waals surface area contributed by atoms with Crippen molar-refractivity contribution < 1.29 is 23.9 Å². The lowest BCUT2D eigenvalue weighted by atomic mass is 9.93. The highest BCUT2D eigenvalue weighted by Crippen LogP contribution is 2.50. The van der Waals surface area contributed by atoms with Gasteiger partial charge in [0.1, 0.15) is 12.2 Å². The van der Waals surface area contributed by atoms with Crippen LogP contribution in [0.15, 0.2) is 18.2 Å². The number of methoxy groups -OCH3 is 2. The van der Waals surface area contributed by atoms with Gasteiger partial charge in [0.05, 0.1) is 14.2 Å². The number of ether oxygens (including phenoxy) is 2. The second-order valence-electron chi connectivity index (χ2n) is 8.47. The Morgan fingerprint density at radius 3 is 2.39 bits per heavy atom. The maximum Gasteiger partial charge on any atom is 0.411 e. The summed E-state index contributed by atoms with van der Waals surface area (Å²) in [5, 5.41) is 0. The molecule has 0 spiro atoms. The maximum atomic E-state index is 12.6. The molecule has 0 N–H and O–H groups in total. The second kappa shape index (κ2) is 10.2. The lowest BCUT2D eigenvalue weighted by Crippen LogP contribution is -2.53. The molecular formula is C24H34N2O5. The van der Waals surface area contributed by atoms with Crippen LogP contribution in [0, 0.1) is 0 Å². The van der Waals surface area contributed by atoms with Gasteiger partial charge in [0.15, 0.2) is 0 Å². The molecule has 7 nitrogen and oxygen atoms in total. The smallest absolute Gasteiger partial charge is 0.411 e. The Kier molecular flexibility index (Phi) is 7.57. The molecule has 2 aliphatic rings. The molecule has 170 valence electrons. The van der Waals surface area contributed by atoms with Gasteiger partial charge in [-0.05, 0) is 36.5 Å². The summed E-state index contributed by atoms with van der Waals surface area (Å²) in [5.41, 5.74) is 3.06. The Balaban J connectivity index is 1.84. The van der Waals surface area contributed by atoms with Gasteiger partial charge < -0.3 is 9.47 Å². The van der Waals surface area contributed by atoms with Crippen molar-refractivity contribution in [1.29, 1.82) is 0 Å². The third kappa shape index (κ3) is 4.55. The zero-order valence-corrected chi connectivity index (χ0v) is 19.1. The van der Waals surface area contributed by atoms with Crippen LogP contribution in [0.2, 0.25) is 0 Å². The Labute approximate surface area is 184 Å². The highest BCUT2D eigenvalue weighted by molar-refractivity contribution is 5.97. The number of carbonyl (C=O) groups is 3. The van der Waals surface area contributed by atoms with Gasteiger partial charge in [0, 0.05) is 18.5 Å². The molecular weight excluding hydrogens is 396 g/mol. The first-order chi connectivity index (χ1) is 14.9. The normalized spacial score (nSPS) is 21.6. The summed E-state index contributed by atoms with van der Waals surface area (Å²) in [6, 6.07) is 5.42. The summed E-state index contributed by atoms with van der Waals surface area (Å²) in [4.78, 5) is 40.5. The molecule has 0 bridgehead atoms. The summed E-state index contributed by atoms with van der Waals surface area (Å²) in [5.74, 6) is -0.809. The van der Waals surface area contributed by atoms with Crippen molar-refractivity contribution in [3.05, 3.63) is 29.3 Å². The number of aryl methyl sites for hydroxylation is 1. The number of benzene rings is 1. The van der Waals surface area contributed by atoms with Crippen LogP contribution < -0.4 is 4.90 Å². The molecule has 2 aliphatic heterocycles. The van der Waals surface area contributed by atoms with Crippen molar-refractivity contribution in [3.63, 3.8) is 0 Å². The first-order valence-electron chi connectivity index (χ1n) is 11.3. The molecule has 0 aromatic heterocycles. The molecule has 0 saturated carbocycles. The monoisotopic (exact) mass is 430 g/mol. The van der Waals surface area contributed by atoms with Gasteiger partial charge in [0.25, 0.3) is 0 Å². The van der Waals surface area contributed by atoms with Gasteiger partial charge in [-0.1, -0.05) is 51.2 Å². The summed E-state index contributed by atoms with van der Waals surface area (Å²) in [6.45, 7) is 3.70. The van der Waals surface area contributed by atoms with E-state index in [9.17, 15) is 14.4 Å². The van der Waals surface area contributed by atoms with E-state index in [4.69, 9.17) is 9.47 Å². The average molecular weight is 431 g/mol. The molecule has 3 atom stereocenters.